The van der Waals surface area contributed by atoms with Crippen LogP contribution >= 0.6 is 22.5 Å². The minimum Gasteiger partial charge on any atom is -0.304 e. The van der Waals surface area contributed by atoms with E-state index in [0.29, 0.717) is 6.04 Å². The summed E-state index contributed by atoms with van der Waals surface area (Å²) in [7, 11) is -0.202. The minimum absolute atomic E-state index is 0.202. The van der Waals surface area contributed by atoms with Gasteiger partial charge in [-0.1, -0.05) is 30.2 Å². The molecule has 0 saturated carbocycles. The molecule has 2 aromatic rings. The van der Waals surface area contributed by atoms with Crippen LogP contribution in [-0.4, -0.2) is 34.9 Å². The molecule has 3 nitrogen and oxygen atoms in total. The summed E-state index contributed by atoms with van der Waals surface area (Å²) in [5.74, 6) is 0. The molecule has 0 radical (unpaired) electrons. The molecule has 2 atom stereocenters. The van der Waals surface area contributed by atoms with Crippen LogP contribution in [0.4, 0.5) is 0 Å². The molecule has 0 saturated heterocycles. The zero-order valence-electron chi connectivity index (χ0n) is 13.1. The molecule has 1 aromatic heterocycles. The molecule has 1 aromatic carbocycles. The maximum atomic E-state index is 6.02. The van der Waals surface area contributed by atoms with Gasteiger partial charge >= 0.3 is 0 Å². The molecule has 2 unspecified atom stereocenters. The highest BCUT2D eigenvalue weighted by Gasteiger charge is 2.15. The van der Waals surface area contributed by atoms with E-state index in [1.165, 1.54) is 19.4 Å². The van der Waals surface area contributed by atoms with E-state index in [2.05, 4.69) is 35.8 Å². The monoisotopic (exact) mass is 326 g/mol. The van der Waals surface area contributed by atoms with Crippen molar-refractivity contribution in [3.63, 3.8) is 0 Å². The Morgan fingerprint density at radius 3 is 2.81 bits per heavy atom. The third-order valence-corrected chi connectivity index (χ3v) is 5.50. The number of benzene rings is 1. The first-order valence-electron chi connectivity index (χ1n) is 7.70. The van der Waals surface area contributed by atoms with E-state index in [4.69, 9.17) is 16.0 Å². The summed E-state index contributed by atoms with van der Waals surface area (Å²) >= 11 is 6.02. The first-order chi connectivity index (χ1) is 10.1. The molecule has 2 rings (SSSR count). The Hall–Kier alpha value is -0.680. The Kier molecular flexibility index (Phi) is 6.42. The van der Waals surface area contributed by atoms with E-state index in [9.17, 15) is 0 Å². The van der Waals surface area contributed by atoms with Crippen molar-refractivity contribution in [1.82, 2.24) is 9.27 Å². The summed E-state index contributed by atoms with van der Waals surface area (Å²) in [5, 5.41) is 4.11. The fourth-order valence-electron chi connectivity index (χ4n) is 2.44. The van der Waals surface area contributed by atoms with Crippen LogP contribution in [0, 0.1) is 0 Å². The van der Waals surface area contributed by atoms with Crippen molar-refractivity contribution in [1.29, 1.82) is 0 Å². The minimum atomic E-state index is -0.202. The molecule has 0 bridgehead atoms. The number of hydrogen-bond donors (Lipinski definition) is 1. The number of aromatic nitrogens is 1. The maximum absolute atomic E-state index is 6.02. The Morgan fingerprint density at radius 2 is 2.10 bits per heavy atom. The summed E-state index contributed by atoms with van der Waals surface area (Å²) in [6.45, 7) is 10.2. The topological polar surface area (TPSA) is 28.2 Å². The number of rotatable bonds is 8. The molecule has 0 aliphatic rings. The van der Waals surface area contributed by atoms with E-state index < -0.39 is 0 Å². The van der Waals surface area contributed by atoms with Gasteiger partial charge in [0.15, 0.2) is 16.2 Å². The molecular weight excluding hydrogens is 302 g/mol. The second-order valence-electron chi connectivity index (χ2n) is 5.41. The molecule has 0 aliphatic heterocycles. The smallest absolute Gasteiger partial charge is 0.195 e. The van der Waals surface area contributed by atoms with Gasteiger partial charge in [0.05, 0.1) is 11.4 Å². The molecule has 0 aliphatic carbocycles. The van der Waals surface area contributed by atoms with Crippen molar-refractivity contribution in [3.05, 3.63) is 28.6 Å². The van der Waals surface area contributed by atoms with Crippen molar-refractivity contribution in [2.45, 2.75) is 39.7 Å². The Bertz CT molecular complexity index is 566. The van der Waals surface area contributed by atoms with Crippen LogP contribution in [0.5, 0.6) is 0 Å². The summed E-state index contributed by atoms with van der Waals surface area (Å²) < 4.78 is 8.30. The van der Waals surface area contributed by atoms with Crippen molar-refractivity contribution in [2.75, 3.05) is 24.4 Å². The van der Waals surface area contributed by atoms with E-state index in [1.54, 1.807) is 0 Å². The number of halogens is 1. The number of fused-ring (bicyclic) bond motifs is 1. The maximum Gasteiger partial charge on any atom is 0.195 e. The lowest BCUT2D eigenvalue weighted by Gasteiger charge is -2.18. The van der Waals surface area contributed by atoms with Crippen LogP contribution < -0.4 is 4.72 Å². The molecular formula is C16H25ClN3S+. The van der Waals surface area contributed by atoms with Gasteiger partial charge in [-0.3, -0.25) is 0 Å². The molecule has 1 N–H and O–H groups in total. The quantitative estimate of drug-likeness (QED) is 0.713. The Labute approximate surface area is 135 Å². The Morgan fingerprint density at radius 1 is 1.33 bits per heavy atom. The number of hydrogen-bond acceptors (Lipinski definition) is 3. The summed E-state index contributed by atoms with van der Waals surface area (Å²) in [6, 6.07) is 6.36. The van der Waals surface area contributed by atoms with E-state index in [0.717, 1.165) is 29.0 Å². The van der Waals surface area contributed by atoms with Crippen molar-refractivity contribution >= 4 is 33.4 Å². The fraction of sp³-hybridized carbons (Fsp3) is 0.562. The number of nitrogens with zero attached hydrogens (tertiary/aromatic N) is 2. The van der Waals surface area contributed by atoms with E-state index in [-0.39, 0.29) is 10.9 Å². The largest absolute Gasteiger partial charge is 0.304 e. The van der Waals surface area contributed by atoms with Gasteiger partial charge in [0.1, 0.15) is 5.52 Å². The SMILES string of the molecule is CCN(CC)CCCC(C)N[s+]1cc2cc(Cl)ccc2n1. The zero-order valence-corrected chi connectivity index (χ0v) is 14.7. The van der Waals surface area contributed by atoms with Gasteiger partial charge in [0.25, 0.3) is 0 Å². The molecule has 21 heavy (non-hydrogen) atoms. The second kappa shape index (κ2) is 8.08. The average molecular weight is 327 g/mol. The lowest BCUT2D eigenvalue weighted by Crippen LogP contribution is -2.25. The predicted molar refractivity (Wildman–Crippen MR) is 95.1 cm³/mol. The molecule has 1 heterocycles. The first-order valence-corrected chi connectivity index (χ1v) is 9.32. The molecule has 5 heteroatoms. The standard InChI is InChI=1S/C16H24ClN3S/c1-4-20(5-2)10-6-7-13(3)18-21-12-14-11-15(17)8-9-16(14)19-21/h8-9,11-13H,4-7,10H2,1-3H3/p+1. The average Bonchev–Trinajstić information content (AvgIpc) is 2.84. The van der Waals surface area contributed by atoms with Gasteiger partial charge in [-0.15, -0.1) is 0 Å². The molecule has 0 amide bonds. The van der Waals surface area contributed by atoms with Crippen LogP contribution in [0.3, 0.4) is 0 Å². The third kappa shape index (κ3) is 4.92. The predicted octanol–water partition coefficient (Wildman–Crippen LogP) is 4.69. The summed E-state index contributed by atoms with van der Waals surface area (Å²) in [6.07, 6.45) is 2.41. The molecule has 116 valence electrons. The van der Waals surface area contributed by atoms with Crippen LogP contribution in [-0.2, 0) is 0 Å². The van der Waals surface area contributed by atoms with E-state index >= 15 is 0 Å². The van der Waals surface area contributed by atoms with Gasteiger partial charge in [0.2, 0.25) is 0 Å². The lowest BCUT2D eigenvalue weighted by molar-refractivity contribution is 0.295. The fourth-order valence-corrected chi connectivity index (χ4v) is 4.13. The van der Waals surface area contributed by atoms with Crippen molar-refractivity contribution in [3.8, 4) is 0 Å². The lowest BCUT2D eigenvalue weighted by atomic mass is 10.2. The highest BCUT2D eigenvalue weighted by molar-refractivity contribution is 7.27. The highest BCUT2D eigenvalue weighted by atomic mass is 35.5. The summed E-state index contributed by atoms with van der Waals surface area (Å²) in [4.78, 5) is 2.47. The van der Waals surface area contributed by atoms with E-state index in [1.807, 2.05) is 18.2 Å². The van der Waals surface area contributed by atoms with Gasteiger partial charge < -0.3 is 4.90 Å². The first kappa shape index (κ1) is 16.7. The van der Waals surface area contributed by atoms with Crippen LogP contribution in [0.25, 0.3) is 10.9 Å². The van der Waals surface area contributed by atoms with Crippen molar-refractivity contribution < 1.29 is 0 Å². The zero-order chi connectivity index (χ0) is 15.2. The normalized spacial score (nSPS) is 14.0. The second-order valence-corrected chi connectivity index (χ2v) is 7.13. The Balaban J connectivity index is 1.85. The van der Waals surface area contributed by atoms with Gasteiger partial charge in [0, 0.05) is 5.02 Å². The third-order valence-electron chi connectivity index (χ3n) is 3.75. The van der Waals surface area contributed by atoms with Gasteiger partial charge in [-0.2, -0.15) is 0 Å². The van der Waals surface area contributed by atoms with Crippen molar-refractivity contribution in [2.24, 2.45) is 0 Å². The highest BCUT2D eigenvalue weighted by Crippen LogP contribution is 2.25. The van der Waals surface area contributed by atoms with Gasteiger partial charge in [-0.25, -0.2) is 0 Å². The molecule has 0 fully saturated rings. The van der Waals surface area contributed by atoms with Gasteiger partial charge in [-0.05, 0) is 62.0 Å². The summed E-state index contributed by atoms with van der Waals surface area (Å²) in [5.41, 5.74) is 1.05. The van der Waals surface area contributed by atoms with Crippen LogP contribution in [0.15, 0.2) is 23.6 Å². The number of nitrogens with one attached hydrogen (secondary N) is 1. The molecule has 0 spiro atoms. The van der Waals surface area contributed by atoms with Crippen LogP contribution in [0.1, 0.15) is 33.6 Å². The van der Waals surface area contributed by atoms with Crippen LogP contribution in [0.2, 0.25) is 5.02 Å².